The minimum atomic E-state index is -3.73. The molecule has 0 radical (unpaired) electrons. The van der Waals surface area contributed by atoms with Gasteiger partial charge in [-0.3, -0.25) is 0 Å². The largest absolute Gasteiger partial charge is 0.398 e. The van der Waals surface area contributed by atoms with Crippen molar-refractivity contribution < 1.29 is 13.2 Å². The molecule has 6 nitrogen and oxygen atoms in total. The number of nitrogen functional groups attached to an aromatic ring is 1. The van der Waals surface area contributed by atoms with Crippen LogP contribution in [-0.4, -0.2) is 21.0 Å². The van der Waals surface area contributed by atoms with Crippen LogP contribution in [0, 0.1) is 0 Å². The summed E-state index contributed by atoms with van der Waals surface area (Å²) in [5.74, 6) is -0.320. The summed E-state index contributed by atoms with van der Waals surface area (Å²) < 4.78 is 25.3. The number of hydrogen-bond donors (Lipinski definition) is 3. The molecule has 1 rings (SSSR count). The van der Waals surface area contributed by atoms with Crippen LogP contribution in [0.15, 0.2) is 24.3 Å². The quantitative estimate of drug-likeness (QED) is 0.690. The molecule has 0 saturated heterocycles. The predicted octanol–water partition coefficient (Wildman–Crippen LogP) is 0.808. The molecule has 0 aliphatic heterocycles. The van der Waals surface area contributed by atoms with Crippen LogP contribution >= 0.6 is 0 Å². The van der Waals surface area contributed by atoms with Gasteiger partial charge < -0.3 is 11.1 Å². The molecular weight excluding hydrogens is 254 g/mol. The van der Waals surface area contributed by atoms with Crippen LogP contribution in [0.25, 0.3) is 0 Å². The monoisotopic (exact) mass is 271 g/mol. The molecule has 0 saturated carbocycles. The van der Waals surface area contributed by atoms with Gasteiger partial charge in [-0.1, -0.05) is 25.1 Å². The van der Waals surface area contributed by atoms with Gasteiger partial charge in [-0.05, 0) is 18.1 Å². The fraction of sp³-hybridized carbons (Fsp3) is 0.364. The Morgan fingerprint density at radius 3 is 2.61 bits per heavy atom. The van der Waals surface area contributed by atoms with E-state index in [0.29, 0.717) is 17.8 Å². The number of benzene rings is 1. The molecule has 0 bridgehead atoms. The van der Waals surface area contributed by atoms with E-state index in [2.05, 4.69) is 5.32 Å². The SMILES string of the molecule is CCCNC(=O)NS(=O)(=O)Cc1ccccc1N. The van der Waals surface area contributed by atoms with Crippen LogP contribution in [0.4, 0.5) is 10.5 Å². The van der Waals surface area contributed by atoms with Crippen molar-refractivity contribution in [2.75, 3.05) is 12.3 Å². The molecule has 18 heavy (non-hydrogen) atoms. The van der Waals surface area contributed by atoms with Crippen LogP contribution in [0.1, 0.15) is 18.9 Å². The predicted molar refractivity (Wildman–Crippen MR) is 70.3 cm³/mol. The molecule has 0 atom stereocenters. The maximum Gasteiger partial charge on any atom is 0.328 e. The highest BCUT2D eigenvalue weighted by molar-refractivity contribution is 7.89. The summed E-state index contributed by atoms with van der Waals surface area (Å²) in [6.45, 7) is 2.30. The van der Waals surface area contributed by atoms with E-state index in [-0.39, 0.29) is 5.75 Å². The molecule has 0 aliphatic carbocycles. The van der Waals surface area contributed by atoms with Crippen molar-refractivity contribution in [2.45, 2.75) is 19.1 Å². The Balaban J connectivity index is 2.66. The topological polar surface area (TPSA) is 101 Å². The third-order valence-corrected chi connectivity index (χ3v) is 3.37. The number of sulfonamides is 1. The van der Waals surface area contributed by atoms with Gasteiger partial charge in [0, 0.05) is 12.2 Å². The standard InChI is InChI=1S/C11H17N3O3S/c1-2-7-13-11(15)14-18(16,17)8-9-5-3-4-6-10(9)12/h3-6H,2,7-8,12H2,1H3,(H2,13,14,15). The highest BCUT2D eigenvalue weighted by Gasteiger charge is 2.16. The Morgan fingerprint density at radius 2 is 2.00 bits per heavy atom. The molecule has 0 spiro atoms. The molecular formula is C11H17N3O3S. The number of urea groups is 1. The Morgan fingerprint density at radius 1 is 1.33 bits per heavy atom. The van der Waals surface area contributed by atoms with Gasteiger partial charge in [0.1, 0.15) is 0 Å². The lowest BCUT2D eigenvalue weighted by Crippen LogP contribution is -2.40. The van der Waals surface area contributed by atoms with E-state index in [0.717, 1.165) is 6.42 Å². The summed E-state index contributed by atoms with van der Waals surface area (Å²) in [5, 5.41) is 2.43. The summed E-state index contributed by atoms with van der Waals surface area (Å²) in [4.78, 5) is 11.3. The van der Waals surface area contributed by atoms with Gasteiger partial charge in [0.15, 0.2) is 0 Å². The number of nitrogens with one attached hydrogen (secondary N) is 2. The number of amides is 2. The molecule has 0 unspecified atom stereocenters. The lowest BCUT2D eigenvalue weighted by atomic mass is 10.2. The van der Waals surface area contributed by atoms with E-state index in [1.165, 1.54) is 0 Å². The maximum absolute atomic E-state index is 11.7. The Labute approximate surface area is 107 Å². The van der Waals surface area contributed by atoms with Crippen LogP contribution in [0.3, 0.4) is 0 Å². The first-order valence-corrected chi connectivity index (χ1v) is 7.21. The number of carbonyl (C=O) groups excluding carboxylic acids is 1. The summed E-state index contributed by atoms with van der Waals surface area (Å²) in [6.07, 6.45) is 0.735. The molecule has 4 N–H and O–H groups in total. The number of hydrogen-bond acceptors (Lipinski definition) is 4. The van der Waals surface area contributed by atoms with E-state index >= 15 is 0 Å². The lowest BCUT2D eigenvalue weighted by molar-refractivity contribution is 0.246. The molecule has 1 aromatic rings. The third-order valence-electron chi connectivity index (χ3n) is 2.18. The average molecular weight is 271 g/mol. The smallest absolute Gasteiger partial charge is 0.328 e. The summed E-state index contributed by atoms with van der Waals surface area (Å²) in [7, 11) is -3.73. The zero-order chi connectivity index (χ0) is 13.6. The Kier molecular flexibility index (Phi) is 4.96. The van der Waals surface area contributed by atoms with Crippen LogP contribution in [0.2, 0.25) is 0 Å². The van der Waals surface area contributed by atoms with Crippen LogP contribution in [0.5, 0.6) is 0 Å². The Bertz CT molecular complexity index is 514. The second-order valence-corrected chi connectivity index (χ2v) is 5.54. The van der Waals surface area contributed by atoms with Gasteiger partial charge in [0.2, 0.25) is 10.0 Å². The number of nitrogens with two attached hydrogens (primary N) is 1. The molecule has 7 heteroatoms. The maximum atomic E-state index is 11.7. The fourth-order valence-corrected chi connectivity index (χ4v) is 2.42. The molecule has 0 aromatic heterocycles. The molecule has 0 aliphatic rings. The molecule has 0 fully saturated rings. The highest BCUT2D eigenvalue weighted by Crippen LogP contribution is 2.13. The van der Waals surface area contributed by atoms with Crippen molar-refractivity contribution in [3.05, 3.63) is 29.8 Å². The second kappa shape index (κ2) is 6.25. The highest BCUT2D eigenvalue weighted by atomic mass is 32.2. The van der Waals surface area contributed by atoms with Crippen molar-refractivity contribution in [1.29, 1.82) is 0 Å². The zero-order valence-electron chi connectivity index (χ0n) is 10.1. The van der Waals surface area contributed by atoms with E-state index in [1.54, 1.807) is 24.3 Å². The van der Waals surface area contributed by atoms with Crippen molar-refractivity contribution in [2.24, 2.45) is 0 Å². The van der Waals surface area contributed by atoms with Crippen LogP contribution in [-0.2, 0) is 15.8 Å². The first-order valence-electron chi connectivity index (χ1n) is 5.56. The van der Waals surface area contributed by atoms with Gasteiger partial charge in [0.05, 0.1) is 5.75 Å². The van der Waals surface area contributed by atoms with E-state index < -0.39 is 16.1 Å². The minimum Gasteiger partial charge on any atom is -0.398 e. The van der Waals surface area contributed by atoms with Crippen molar-refractivity contribution in [3.63, 3.8) is 0 Å². The number of anilines is 1. The third kappa shape index (κ3) is 4.62. The van der Waals surface area contributed by atoms with E-state index in [9.17, 15) is 13.2 Å². The summed E-state index contributed by atoms with van der Waals surface area (Å²) >= 11 is 0. The van der Waals surface area contributed by atoms with Gasteiger partial charge in [-0.15, -0.1) is 0 Å². The number of carbonyl (C=O) groups is 1. The van der Waals surface area contributed by atoms with Gasteiger partial charge in [-0.2, -0.15) is 0 Å². The fourth-order valence-electron chi connectivity index (χ4n) is 1.32. The molecule has 100 valence electrons. The van der Waals surface area contributed by atoms with Crippen LogP contribution < -0.4 is 15.8 Å². The average Bonchev–Trinajstić information content (AvgIpc) is 2.28. The van der Waals surface area contributed by atoms with Crippen molar-refractivity contribution in [3.8, 4) is 0 Å². The molecule has 1 aromatic carbocycles. The minimum absolute atomic E-state index is 0.320. The second-order valence-electron chi connectivity index (χ2n) is 3.82. The number of rotatable bonds is 5. The van der Waals surface area contributed by atoms with Gasteiger partial charge >= 0.3 is 6.03 Å². The molecule has 0 heterocycles. The normalized spacial score (nSPS) is 10.9. The number of para-hydroxylation sites is 1. The summed E-state index contributed by atoms with van der Waals surface area (Å²) in [5.41, 5.74) is 6.50. The first-order chi connectivity index (χ1) is 8.44. The van der Waals surface area contributed by atoms with Gasteiger partial charge in [0.25, 0.3) is 0 Å². The van der Waals surface area contributed by atoms with E-state index in [4.69, 9.17) is 5.73 Å². The van der Waals surface area contributed by atoms with E-state index in [1.807, 2.05) is 11.6 Å². The zero-order valence-corrected chi connectivity index (χ0v) is 11.0. The van der Waals surface area contributed by atoms with Crippen molar-refractivity contribution >= 4 is 21.7 Å². The summed E-state index contributed by atoms with van der Waals surface area (Å²) in [6, 6.07) is 5.91. The first kappa shape index (κ1) is 14.3. The molecule has 2 amide bonds. The van der Waals surface area contributed by atoms with Gasteiger partial charge in [-0.25, -0.2) is 17.9 Å². The van der Waals surface area contributed by atoms with Crippen molar-refractivity contribution in [1.82, 2.24) is 10.0 Å². The Hall–Kier alpha value is -1.76. The lowest BCUT2D eigenvalue weighted by Gasteiger charge is -2.09.